The summed E-state index contributed by atoms with van der Waals surface area (Å²) in [5.41, 5.74) is 0. The van der Waals surface area contributed by atoms with E-state index in [1.54, 1.807) is 0 Å². The van der Waals surface area contributed by atoms with Gasteiger partial charge in [-0.15, -0.1) is 0 Å². The lowest BCUT2D eigenvalue weighted by Gasteiger charge is -2.39. The summed E-state index contributed by atoms with van der Waals surface area (Å²) in [5, 5.41) is 2.76. The molecule has 0 aliphatic heterocycles. The molecule has 2 heteroatoms. The van der Waals surface area contributed by atoms with E-state index in [1.807, 2.05) is 0 Å². The van der Waals surface area contributed by atoms with Gasteiger partial charge in [-0.1, -0.05) is 86.8 Å². The summed E-state index contributed by atoms with van der Waals surface area (Å²) in [6.45, 7) is 4.69. The molecule has 0 radical (unpaired) electrons. The first-order valence-electron chi connectivity index (χ1n) is 9.03. The van der Waals surface area contributed by atoms with Crippen LogP contribution in [0.5, 0.6) is 0 Å². The Morgan fingerprint density at radius 2 is 1.39 bits per heavy atom. The van der Waals surface area contributed by atoms with Gasteiger partial charge in [-0.25, -0.2) is 0 Å². The Morgan fingerprint density at radius 3 is 1.91 bits per heavy atom. The quantitative estimate of drug-likeness (QED) is 0.743. The van der Waals surface area contributed by atoms with Crippen molar-refractivity contribution >= 4 is 18.7 Å². The second-order valence-electron chi connectivity index (χ2n) is 6.87. The summed E-state index contributed by atoms with van der Waals surface area (Å²) in [7, 11) is -2.15. The maximum absolute atomic E-state index is 6.99. The van der Waals surface area contributed by atoms with Crippen molar-refractivity contribution in [1.82, 2.24) is 0 Å². The zero-order chi connectivity index (χ0) is 16.1. The maximum Gasteiger partial charge on any atom is 0.253 e. The maximum atomic E-state index is 6.99. The highest BCUT2D eigenvalue weighted by Crippen LogP contribution is 2.31. The van der Waals surface area contributed by atoms with Gasteiger partial charge in [0, 0.05) is 6.10 Å². The van der Waals surface area contributed by atoms with Crippen molar-refractivity contribution in [2.45, 2.75) is 51.7 Å². The van der Waals surface area contributed by atoms with E-state index in [0.29, 0.717) is 6.10 Å². The van der Waals surface area contributed by atoms with E-state index < -0.39 is 8.32 Å². The second kappa shape index (κ2) is 7.46. The average molecular weight is 325 g/mol. The smallest absolute Gasteiger partial charge is 0.253 e. The van der Waals surface area contributed by atoms with Crippen LogP contribution in [-0.4, -0.2) is 14.4 Å². The van der Waals surface area contributed by atoms with Gasteiger partial charge in [-0.3, -0.25) is 0 Å². The highest BCUT2D eigenvalue weighted by atomic mass is 28.4. The summed E-state index contributed by atoms with van der Waals surface area (Å²) in [6, 6.07) is 21.8. The Bertz CT molecular complexity index is 556. The monoisotopic (exact) mass is 324 g/mol. The zero-order valence-electron chi connectivity index (χ0n) is 14.4. The largest absolute Gasteiger partial charge is 0.405 e. The number of benzene rings is 2. The third-order valence-corrected chi connectivity index (χ3v) is 9.04. The molecule has 23 heavy (non-hydrogen) atoms. The summed E-state index contributed by atoms with van der Waals surface area (Å²) in [5.74, 6) is 0.725. The van der Waals surface area contributed by atoms with Crippen LogP contribution in [0.1, 0.15) is 39.0 Å². The van der Waals surface area contributed by atoms with E-state index in [4.69, 9.17) is 4.43 Å². The van der Waals surface area contributed by atoms with Gasteiger partial charge in [0.15, 0.2) is 0 Å². The fourth-order valence-corrected chi connectivity index (χ4v) is 7.09. The van der Waals surface area contributed by atoms with Crippen molar-refractivity contribution in [2.75, 3.05) is 0 Å². The predicted octanol–water partition coefficient (Wildman–Crippen LogP) is 4.36. The van der Waals surface area contributed by atoms with Crippen LogP contribution >= 0.6 is 0 Å². The molecule has 0 spiro atoms. The molecule has 0 bridgehead atoms. The van der Waals surface area contributed by atoms with Gasteiger partial charge in [0.1, 0.15) is 0 Å². The molecule has 0 N–H and O–H groups in total. The fraction of sp³-hybridized carbons (Fsp3) is 0.429. The Labute approximate surface area is 141 Å². The van der Waals surface area contributed by atoms with Crippen LogP contribution in [0.4, 0.5) is 0 Å². The lowest BCUT2D eigenvalue weighted by Crippen LogP contribution is -2.60. The van der Waals surface area contributed by atoms with E-state index in [9.17, 15) is 0 Å². The molecule has 1 aliphatic rings. The van der Waals surface area contributed by atoms with Gasteiger partial charge in [-0.2, -0.15) is 0 Å². The van der Waals surface area contributed by atoms with E-state index >= 15 is 0 Å². The van der Waals surface area contributed by atoms with Gasteiger partial charge >= 0.3 is 0 Å². The average Bonchev–Trinajstić information content (AvgIpc) is 2.63. The van der Waals surface area contributed by atoms with Gasteiger partial charge in [0.05, 0.1) is 0 Å². The minimum Gasteiger partial charge on any atom is -0.405 e. The standard InChI is InChI=1S/C21H28OSi/c1-3-18-12-10-11-17-21(18)22-23(2,19-13-6-4-7-14-19)20-15-8-5-9-16-20/h4-9,13-16,18,21H,3,10-12,17H2,1-2H3. The summed E-state index contributed by atoms with van der Waals surface area (Å²) in [4.78, 5) is 0. The SMILES string of the molecule is CCC1CCCCC1O[Si](C)(c1ccccc1)c1ccccc1. The fourth-order valence-electron chi connectivity index (χ4n) is 3.91. The molecule has 2 unspecified atom stereocenters. The molecule has 0 heterocycles. The molecule has 2 atom stereocenters. The Kier molecular flexibility index (Phi) is 5.34. The normalized spacial score (nSPS) is 22.0. The van der Waals surface area contributed by atoms with Crippen LogP contribution in [0, 0.1) is 5.92 Å². The number of hydrogen-bond acceptors (Lipinski definition) is 1. The number of rotatable bonds is 5. The Balaban J connectivity index is 1.96. The van der Waals surface area contributed by atoms with Crippen molar-refractivity contribution in [3.63, 3.8) is 0 Å². The van der Waals surface area contributed by atoms with Gasteiger partial charge in [0.25, 0.3) is 8.32 Å². The third-order valence-electron chi connectivity index (χ3n) is 5.40. The molecule has 122 valence electrons. The molecule has 2 aromatic rings. The second-order valence-corrected chi connectivity index (χ2v) is 10.3. The summed E-state index contributed by atoms with van der Waals surface area (Å²) < 4.78 is 6.99. The van der Waals surface area contributed by atoms with Crippen molar-refractivity contribution in [1.29, 1.82) is 0 Å². The lowest BCUT2D eigenvalue weighted by molar-refractivity contribution is 0.0873. The Morgan fingerprint density at radius 1 is 0.870 bits per heavy atom. The van der Waals surface area contributed by atoms with E-state index in [-0.39, 0.29) is 0 Å². The third kappa shape index (κ3) is 3.59. The van der Waals surface area contributed by atoms with Crippen LogP contribution < -0.4 is 10.4 Å². The predicted molar refractivity (Wildman–Crippen MR) is 101 cm³/mol. The minimum atomic E-state index is -2.15. The molecule has 0 aromatic heterocycles. The molecule has 1 fully saturated rings. The number of hydrogen-bond donors (Lipinski definition) is 0. The van der Waals surface area contributed by atoms with Crippen LogP contribution in [0.2, 0.25) is 6.55 Å². The van der Waals surface area contributed by atoms with Crippen LogP contribution in [0.25, 0.3) is 0 Å². The van der Waals surface area contributed by atoms with E-state index in [2.05, 4.69) is 74.1 Å². The lowest BCUT2D eigenvalue weighted by atomic mass is 9.85. The van der Waals surface area contributed by atoms with Gasteiger partial charge in [-0.05, 0) is 35.7 Å². The first-order valence-corrected chi connectivity index (χ1v) is 11.4. The van der Waals surface area contributed by atoms with Crippen molar-refractivity contribution in [3.8, 4) is 0 Å². The van der Waals surface area contributed by atoms with Crippen LogP contribution in [0.3, 0.4) is 0 Å². The molecular weight excluding hydrogens is 296 g/mol. The molecule has 1 nitrogen and oxygen atoms in total. The molecule has 1 saturated carbocycles. The van der Waals surface area contributed by atoms with Crippen LogP contribution in [-0.2, 0) is 4.43 Å². The molecule has 2 aromatic carbocycles. The Hall–Kier alpha value is -1.38. The zero-order valence-corrected chi connectivity index (χ0v) is 15.4. The molecule has 0 amide bonds. The van der Waals surface area contributed by atoms with E-state index in [1.165, 1.54) is 42.5 Å². The summed E-state index contributed by atoms with van der Waals surface area (Å²) >= 11 is 0. The van der Waals surface area contributed by atoms with Crippen molar-refractivity contribution in [2.24, 2.45) is 5.92 Å². The first kappa shape index (κ1) is 16.5. The molecule has 0 saturated heterocycles. The van der Waals surface area contributed by atoms with Crippen molar-refractivity contribution < 1.29 is 4.43 Å². The van der Waals surface area contributed by atoms with Crippen LogP contribution in [0.15, 0.2) is 60.7 Å². The minimum absolute atomic E-state index is 0.422. The van der Waals surface area contributed by atoms with E-state index in [0.717, 1.165) is 5.92 Å². The van der Waals surface area contributed by atoms with Crippen molar-refractivity contribution in [3.05, 3.63) is 60.7 Å². The van der Waals surface area contributed by atoms with Gasteiger partial charge in [0.2, 0.25) is 0 Å². The highest BCUT2D eigenvalue weighted by Gasteiger charge is 2.38. The molecular formula is C21H28OSi. The molecule has 1 aliphatic carbocycles. The topological polar surface area (TPSA) is 9.23 Å². The first-order chi connectivity index (χ1) is 11.2. The van der Waals surface area contributed by atoms with Gasteiger partial charge < -0.3 is 4.43 Å². The summed E-state index contributed by atoms with van der Waals surface area (Å²) in [6.07, 6.45) is 6.89. The highest BCUT2D eigenvalue weighted by molar-refractivity contribution is 6.96. The molecule has 3 rings (SSSR count).